The van der Waals surface area contributed by atoms with Gasteiger partial charge in [0.05, 0.1) is 6.04 Å². The van der Waals surface area contributed by atoms with Crippen LogP contribution in [0.25, 0.3) is 0 Å². The SMILES string of the molecule is CCN(C(=O)c1ccccc1C)C(c1ccccc1)c1ccccc1. The van der Waals surface area contributed by atoms with Crippen molar-refractivity contribution in [3.63, 3.8) is 0 Å². The summed E-state index contributed by atoms with van der Waals surface area (Å²) in [5.74, 6) is 0.0679. The third-order valence-corrected chi connectivity index (χ3v) is 4.52. The number of rotatable bonds is 5. The van der Waals surface area contributed by atoms with Gasteiger partial charge in [0.1, 0.15) is 0 Å². The molecule has 0 unspecified atom stereocenters. The van der Waals surface area contributed by atoms with Crippen LogP contribution >= 0.6 is 0 Å². The Balaban J connectivity index is 2.07. The fraction of sp³-hybridized carbons (Fsp3) is 0.174. The van der Waals surface area contributed by atoms with E-state index >= 15 is 0 Å². The minimum absolute atomic E-state index is 0.0679. The maximum Gasteiger partial charge on any atom is 0.254 e. The van der Waals surface area contributed by atoms with Gasteiger partial charge in [-0.05, 0) is 36.6 Å². The van der Waals surface area contributed by atoms with Crippen molar-refractivity contribution in [3.8, 4) is 0 Å². The van der Waals surface area contributed by atoms with Gasteiger partial charge in [-0.25, -0.2) is 0 Å². The Hall–Kier alpha value is -2.87. The van der Waals surface area contributed by atoms with Crippen LogP contribution in [-0.2, 0) is 0 Å². The van der Waals surface area contributed by atoms with E-state index in [-0.39, 0.29) is 11.9 Å². The second-order valence-electron chi connectivity index (χ2n) is 6.13. The van der Waals surface area contributed by atoms with Gasteiger partial charge in [0, 0.05) is 12.1 Å². The maximum absolute atomic E-state index is 13.3. The number of hydrogen-bond acceptors (Lipinski definition) is 1. The van der Waals surface area contributed by atoms with Gasteiger partial charge in [-0.2, -0.15) is 0 Å². The molecule has 3 aromatic rings. The Kier molecular flexibility index (Phi) is 5.30. The van der Waals surface area contributed by atoms with Crippen LogP contribution in [0, 0.1) is 6.92 Å². The van der Waals surface area contributed by atoms with E-state index in [2.05, 4.69) is 24.3 Å². The van der Waals surface area contributed by atoms with Crippen LogP contribution in [-0.4, -0.2) is 17.4 Å². The molecule has 0 bridgehead atoms. The van der Waals surface area contributed by atoms with Gasteiger partial charge in [-0.1, -0.05) is 78.9 Å². The molecule has 0 saturated carbocycles. The summed E-state index contributed by atoms with van der Waals surface area (Å²) in [5.41, 5.74) is 4.02. The molecule has 0 spiro atoms. The molecule has 0 radical (unpaired) electrons. The van der Waals surface area contributed by atoms with E-state index in [1.807, 2.05) is 79.4 Å². The summed E-state index contributed by atoms with van der Waals surface area (Å²) in [5, 5.41) is 0. The highest BCUT2D eigenvalue weighted by atomic mass is 16.2. The van der Waals surface area contributed by atoms with Crippen molar-refractivity contribution in [2.24, 2.45) is 0 Å². The number of aryl methyl sites for hydroxylation is 1. The smallest absolute Gasteiger partial charge is 0.254 e. The van der Waals surface area contributed by atoms with Crippen molar-refractivity contribution in [1.82, 2.24) is 4.90 Å². The fourth-order valence-electron chi connectivity index (χ4n) is 3.23. The van der Waals surface area contributed by atoms with E-state index in [0.717, 1.165) is 22.3 Å². The Morgan fingerprint density at radius 2 is 1.28 bits per heavy atom. The Morgan fingerprint density at radius 1 is 0.800 bits per heavy atom. The largest absolute Gasteiger partial charge is 0.328 e. The van der Waals surface area contributed by atoms with Crippen LogP contribution < -0.4 is 0 Å². The fourth-order valence-corrected chi connectivity index (χ4v) is 3.23. The molecule has 0 atom stereocenters. The van der Waals surface area contributed by atoms with Crippen molar-refractivity contribution < 1.29 is 4.79 Å². The first-order valence-electron chi connectivity index (χ1n) is 8.69. The van der Waals surface area contributed by atoms with Gasteiger partial charge < -0.3 is 4.90 Å². The zero-order valence-corrected chi connectivity index (χ0v) is 14.7. The van der Waals surface area contributed by atoms with E-state index in [1.54, 1.807) is 0 Å². The highest BCUT2D eigenvalue weighted by molar-refractivity contribution is 5.96. The molecule has 2 nitrogen and oxygen atoms in total. The molecule has 25 heavy (non-hydrogen) atoms. The number of carbonyl (C=O) groups is 1. The topological polar surface area (TPSA) is 20.3 Å². The van der Waals surface area contributed by atoms with Crippen molar-refractivity contribution in [2.45, 2.75) is 19.9 Å². The Bertz CT molecular complexity index is 787. The average molecular weight is 329 g/mol. The van der Waals surface area contributed by atoms with Gasteiger partial charge in [-0.15, -0.1) is 0 Å². The van der Waals surface area contributed by atoms with Gasteiger partial charge in [0.2, 0.25) is 0 Å². The third-order valence-electron chi connectivity index (χ3n) is 4.52. The average Bonchev–Trinajstić information content (AvgIpc) is 2.67. The maximum atomic E-state index is 13.3. The zero-order valence-electron chi connectivity index (χ0n) is 14.7. The molecule has 0 aliphatic heterocycles. The molecule has 2 heteroatoms. The standard InChI is InChI=1S/C23H23NO/c1-3-24(23(25)21-17-11-10-12-18(21)2)22(19-13-6-4-7-14-19)20-15-8-5-9-16-20/h4-17,22H,3H2,1-2H3. The van der Waals surface area contributed by atoms with E-state index in [4.69, 9.17) is 0 Å². The third kappa shape index (κ3) is 3.63. The molecule has 0 aliphatic carbocycles. The molecular weight excluding hydrogens is 306 g/mol. The first kappa shape index (κ1) is 17.0. The van der Waals surface area contributed by atoms with Crippen molar-refractivity contribution >= 4 is 5.91 Å². The predicted molar refractivity (Wildman–Crippen MR) is 103 cm³/mol. The molecule has 3 rings (SSSR count). The molecule has 3 aromatic carbocycles. The summed E-state index contributed by atoms with van der Waals surface area (Å²) < 4.78 is 0. The highest BCUT2D eigenvalue weighted by Crippen LogP contribution is 2.30. The minimum Gasteiger partial charge on any atom is -0.328 e. The van der Waals surface area contributed by atoms with Gasteiger partial charge in [-0.3, -0.25) is 4.79 Å². The monoisotopic (exact) mass is 329 g/mol. The zero-order chi connectivity index (χ0) is 17.6. The highest BCUT2D eigenvalue weighted by Gasteiger charge is 2.26. The van der Waals surface area contributed by atoms with Crippen LogP contribution in [0.4, 0.5) is 0 Å². The number of amides is 1. The predicted octanol–water partition coefficient (Wildman–Crippen LogP) is 5.25. The van der Waals surface area contributed by atoms with Crippen LogP contribution in [0.3, 0.4) is 0 Å². The molecule has 0 saturated heterocycles. The van der Waals surface area contributed by atoms with Gasteiger partial charge >= 0.3 is 0 Å². The Labute approximate surface area is 149 Å². The number of nitrogens with zero attached hydrogens (tertiary/aromatic N) is 1. The quantitative estimate of drug-likeness (QED) is 0.626. The lowest BCUT2D eigenvalue weighted by molar-refractivity contribution is 0.0716. The first-order valence-corrected chi connectivity index (χ1v) is 8.69. The number of hydrogen-bond donors (Lipinski definition) is 0. The molecule has 1 amide bonds. The number of benzene rings is 3. The van der Waals surface area contributed by atoms with Crippen LogP contribution in [0.1, 0.15) is 40.0 Å². The number of carbonyl (C=O) groups excluding carboxylic acids is 1. The molecular formula is C23H23NO. The summed E-state index contributed by atoms with van der Waals surface area (Å²) >= 11 is 0. The lowest BCUT2D eigenvalue weighted by atomic mass is 9.95. The van der Waals surface area contributed by atoms with Crippen molar-refractivity contribution in [1.29, 1.82) is 0 Å². The lowest BCUT2D eigenvalue weighted by Crippen LogP contribution is -2.35. The first-order chi connectivity index (χ1) is 12.2. The van der Waals surface area contributed by atoms with E-state index in [9.17, 15) is 4.79 Å². The van der Waals surface area contributed by atoms with Crippen molar-refractivity contribution in [2.75, 3.05) is 6.54 Å². The normalized spacial score (nSPS) is 10.7. The summed E-state index contributed by atoms with van der Waals surface area (Å²) in [6.07, 6.45) is 0. The van der Waals surface area contributed by atoms with Crippen LogP contribution in [0.15, 0.2) is 84.9 Å². The molecule has 0 heterocycles. The second-order valence-corrected chi connectivity index (χ2v) is 6.13. The molecule has 126 valence electrons. The Morgan fingerprint density at radius 3 is 1.76 bits per heavy atom. The van der Waals surface area contributed by atoms with Gasteiger partial charge in [0.25, 0.3) is 5.91 Å². The summed E-state index contributed by atoms with van der Waals surface area (Å²) in [7, 11) is 0. The van der Waals surface area contributed by atoms with E-state index in [0.29, 0.717) is 6.54 Å². The lowest BCUT2D eigenvalue weighted by Gasteiger charge is -2.32. The van der Waals surface area contributed by atoms with E-state index < -0.39 is 0 Å². The van der Waals surface area contributed by atoms with Gasteiger partial charge in [0.15, 0.2) is 0 Å². The summed E-state index contributed by atoms with van der Waals surface area (Å²) in [4.78, 5) is 15.3. The van der Waals surface area contributed by atoms with E-state index in [1.165, 1.54) is 0 Å². The van der Waals surface area contributed by atoms with Crippen LogP contribution in [0.5, 0.6) is 0 Å². The van der Waals surface area contributed by atoms with Crippen LogP contribution in [0.2, 0.25) is 0 Å². The summed E-state index contributed by atoms with van der Waals surface area (Å²) in [6.45, 7) is 4.66. The molecule has 0 aliphatic rings. The second kappa shape index (κ2) is 7.80. The van der Waals surface area contributed by atoms with Crippen molar-refractivity contribution in [3.05, 3.63) is 107 Å². The molecule has 0 N–H and O–H groups in total. The minimum atomic E-state index is -0.0977. The molecule has 0 aromatic heterocycles. The molecule has 0 fully saturated rings. The summed E-state index contributed by atoms with van der Waals surface area (Å²) in [6, 6.07) is 28.2.